The molecule has 0 bridgehead atoms. The van der Waals surface area contributed by atoms with Gasteiger partial charge in [-0.3, -0.25) is 32.5 Å². The summed E-state index contributed by atoms with van der Waals surface area (Å²) in [4.78, 5) is 58.9. The van der Waals surface area contributed by atoms with Crippen LogP contribution in [-0.4, -0.2) is 95.9 Å². The lowest BCUT2D eigenvalue weighted by Gasteiger charge is -2.21. The van der Waals surface area contributed by atoms with Crippen molar-refractivity contribution in [2.45, 2.75) is 437 Å². The molecule has 0 aliphatic carbocycles. The van der Waals surface area contributed by atoms with E-state index < -0.39 is 91.5 Å². The van der Waals surface area contributed by atoms with Crippen LogP contribution in [0.2, 0.25) is 0 Å². The Balaban J connectivity index is 4.41. The molecule has 0 aromatic rings. The number of esters is 3. The quantitative estimate of drug-likeness (QED) is 0.0146. The number of hydrogen-bond acceptors (Lipinski definition) is 14. The average Bonchev–Trinajstić information content (AvgIpc) is 0.886. The smallest absolute Gasteiger partial charge is 0.463 e. The predicted octanol–water partition coefficient (Wildman–Crippen LogP) is 29.3. The highest BCUT2D eigenvalue weighted by atomic mass is 31.2. The lowest BCUT2D eigenvalue weighted by atomic mass is 10.0. The fourth-order valence-electron chi connectivity index (χ4n) is 13.1. The van der Waals surface area contributed by atoms with Gasteiger partial charge in [0.2, 0.25) is 0 Å². The van der Waals surface area contributed by atoms with Gasteiger partial charge in [-0.05, 0) is 141 Å². The molecule has 0 spiro atoms. The van der Waals surface area contributed by atoms with Crippen molar-refractivity contribution in [1.29, 1.82) is 0 Å². The van der Waals surface area contributed by atoms with Gasteiger partial charge in [-0.2, -0.15) is 0 Å². The van der Waals surface area contributed by atoms with Crippen LogP contribution in [0.1, 0.15) is 419 Å². The molecule has 0 aliphatic rings. The van der Waals surface area contributed by atoms with E-state index in [9.17, 15) is 43.5 Å². The summed E-state index contributed by atoms with van der Waals surface area (Å²) in [6.45, 7) is 2.56. The Bertz CT molecular complexity index is 2660. The highest BCUT2D eigenvalue weighted by molar-refractivity contribution is 7.47. The monoisotopic (exact) mass is 1680 g/mol. The van der Waals surface area contributed by atoms with Crippen LogP contribution >= 0.6 is 15.6 Å². The van der Waals surface area contributed by atoms with Crippen molar-refractivity contribution in [1.82, 2.24) is 0 Å². The first-order valence-electron chi connectivity index (χ1n) is 47.5. The molecule has 4 N–H and O–H groups in total. The molecule has 16 nitrogen and oxygen atoms in total. The van der Waals surface area contributed by atoms with Crippen LogP contribution in [0.15, 0.2) is 134 Å². The summed E-state index contributed by atoms with van der Waals surface area (Å²) in [5.74, 6) is -1.57. The van der Waals surface area contributed by atoms with E-state index >= 15 is 0 Å². The van der Waals surface area contributed by atoms with Gasteiger partial charge in [-0.15, -0.1) is 0 Å². The summed E-state index contributed by atoms with van der Waals surface area (Å²) in [5, 5.41) is 20.7. The van der Waals surface area contributed by atoms with Crippen LogP contribution < -0.4 is 0 Å². The minimum Gasteiger partial charge on any atom is -0.463 e. The highest BCUT2D eigenvalue weighted by Crippen LogP contribution is 2.45. The Morgan fingerprint density at radius 3 is 0.718 bits per heavy atom. The maximum absolute atomic E-state index is 13.0. The molecule has 0 radical (unpaired) electrons. The van der Waals surface area contributed by atoms with Gasteiger partial charge >= 0.3 is 33.6 Å². The molecule has 0 aromatic heterocycles. The predicted molar refractivity (Wildman–Crippen MR) is 491 cm³/mol. The zero-order chi connectivity index (χ0) is 85.1. The van der Waals surface area contributed by atoms with Crippen molar-refractivity contribution in [2.75, 3.05) is 39.6 Å². The first-order chi connectivity index (χ1) is 57.2. The minimum absolute atomic E-state index is 0.0891. The Morgan fingerprint density at radius 1 is 0.248 bits per heavy atom. The Hall–Kier alpha value is -4.31. The van der Waals surface area contributed by atoms with Crippen LogP contribution in [0.25, 0.3) is 0 Å². The number of phosphoric ester groups is 2. The van der Waals surface area contributed by atoms with Crippen molar-refractivity contribution in [2.24, 2.45) is 0 Å². The Kier molecular flexibility index (Phi) is 87.6. The molecule has 5 atom stereocenters. The number of carbonyl (C=O) groups excluding carboxylic acids is 3. The number of unbranched alkanes of at least 4 members (excludes halogenated alkanes) is 45. The molecule has 0 aliphatic heterocycles. The molecule has 0 heterocycles. The van der Waals surface area contributed by atoms with Crippen LogP contribution in [0.4, 0.5) is 0 Å². The van der Waals surface area contributed by atoms with Crippen molar-refractivity contribution in [3.8, 4) is 0 Å². The zero-order valence-electron chi connectivity index (χ0n) is 74.6. The summed E-state index contributed by atoms with van der Waals surface area (Å²) in [7, 11) is -9.80. The number of hydrogen-bond donors (Lipinski definition) is 4. The summed E-state index contributed by atoms with van der Waals surface area (Å²) in [5.41, 5.74) is 0. The topological polar surface area (TPSA) is 231 Å². The van der Waals surface area contributed by atoms with E-state index in [4.69, 9.17) is 32.3 Å². The third kappa shape index (κ3) is 92.3. The number of rotatable bonds is 90. The van der Waals surface area contributed by atoms with Gasteiger partial charge in [0.05, 0.1) is 26.4 Å². The fourth-order valence-corrected chi connectivity index (χ4v) is 14.7. The van der Waals surface area contributed by atoms with Crippen molar-refractivity contribution in [3.05, 3.63) is 134 Å². The summed E-state index contributed by atoms with van der Waals surface area (Å²) in [6, 6.07) is 0. The maximum atomic E-state index is 13.0. The van der Waals surface area contributed by atoms with E-state index in [1.54, 1.807) is 0 Å². The number of aliphatic hydroxyl groups is 2. The molecule has 0 saturated carbocycles. The van der Waals surface area contributed by atoms with Gasteiger partial charge in [-0.1, -0.05) is 392 Å². The van der Waals surface area contributed by atoms with Gasteiger partial charge in [0.1, 0.15) is 25.4 Å². The molecule has 0 rings (SSSR count). The van der Waals surface area contributed by atoms with Crippen molar-refractivity contribution >= 4 is 33.6 Å². The molecule has 0 amide bonds. The fraction of sp³-hybridized carbons (Fsp3) is 0.747. The summed E-state index contributed by atoms with van der Waals surface area (Å²) in [6.07, 6.45) is 114. The van der Waals surface area contributed by atoms with Crippen molar-refractivity contribution < 1.29 is 75.8 Å². The Morgan fingerprint density at radius 2 is 0.453 bits per heavy atom. The van der Waals surface area contributed by atoms with Crippen LogP contribution in [0.5, 0.6) is 0 Å². The van der Waals surface area contributed by atoms with E-state index in [-0.39, 0.29) is 19.3 Å². The molecule has 5 unspecified atom stereocenters. The molecule has 0 fully saturated rings. The molecular weight excluding hydrogens is 1510 g/mol. The molecular formula is C99H174O16P2. The minimum atomic E-state index is -4.94. The normalized spacial score (nSPS) is 14.4. The zero-order valence-corrected chi connectivity index (χ0v) is 76.4. The Labute approximate surface area is 715 Å². The lowest BCUT2D eigenvalue weighted by Crippen LogP contribution is -2.30. The molecule has 18 heteroatoms. The first kappa shape index (κ1) is 113. The van der Waals surface area contributed by atoms with E-state index in [1.807, 2.05) is 0 Å². The highest BCUT2D eigenvalue weighted by Gasteiger charge is 2.30. The van der Waals surface area contributed by atoms with Gasteiger partial charge in [0.25, 0.3) is 0 Å². The third-order valence-corrected chi connectivity index (χ3v) is 22.2. The number of allylic oxidation sites excluding steroid dienone is 22. The van der Waals surface area contributed by atoms with Crippen molar-refractivity contribution in [3.63, 3.8) is 0 Å². The number of aliphatic hydroxyl groups excluding tert-OH is 2. The summed E-state index contributed by atoms with van der Waals surface area (Å²) >= 11 is 0. The second-order valence-electron chi connectivity index (χ2n) is 31.8. The number of carbonyl (C=O) groups is 3. The second-order valence-corrected chi connectivity index (χ2v) is 34.7. The molecule has 0 aromatic carbocycles. The van der Waals surface area contributed by atoms with Gasteiger partial charge in [0.15, 0.2) is 6.10 Å². The largest absolute Gasteiger partial charge is 0.472 e. The van der Waals surface area contributed by atoms with Gasteiger partial charge in [-0.25, -0.2) is 9.13 Å². The standard InChI is InChI=1S/C99H174O16P2/c1-4-7-10-13-16-19-22-25-28-30-32-34-36-38-40-42-44-45-46-47-49-51-52-54-56-58-60-62-65-67-70-73-76-79-82-85-97(102)109-88-94(100)89-111-116(105,106)112-90-95(101)91-113-117(107,108)114-93-96(115-99(104)87-84-81-78-75-72-69-64-27-24-21-18-15-12-9-6-3)92-110-98(103)86-83-80-77-74-71-68-66-63-61-59-57-55-53-50-48-43-41-39-37-35-33-31-29-26-23-20-17-14-11-8-5-2/h7,10,16-21,25-29,32-35,38-41,64,94-96,100-101H,4-6,8-9,11-15,22-24,30-31,36-37,42-63,65-93H2,1-3H3,(H,105,106)(H,107,108)/b10-7-,19-16-,20-17-,21-18-,28-25-,29-26-,34-32-,35-33-,40-38-,41-39-,64-27-. The number of phosphoric acid groups is 2. The first-order valence-corrected chi connectivity index (χ1v) is 50.5. The van der Waals surface area contributed by atoms with Gasteiger partial charge in [0, 0.05) is 19.3 Å². The summed E-state index contributed by atoms with van der Waals surface area (Å²) < 4.78 is 61.4. The van der Waals surface area contributed by atoms with Gasteiger partial charge < -0.3 is 34.2 Å². The number of ether oxygens (including phenoxy) is 3. The van der Waals surface area contributed by atoms with Crippen LogP contribution in [0.3, 0.4) is 0 Å². The molecule has 117 heavy (non-hydrogen) atoms. The maximum Gasteiger partial charge on any atom is 0.472 e. The van der Waals surface area contributed by atoms with Crippen LogP contribution in [0, 0.1) is 0 Å². The molecule has 676 valence electrons. The van der Waals surface area contributed by atoms with E-state index in [1.165, 1.54) is 225 Å². The van der Waals surface area contributed by atoms with E-state index in [2.05, 4.69) is 154 Å². The third-order valence-electron chi connectivity index (χ3n) is 20.3. The SMILES string of the molecule is CC/C=C\C/C=C\C/C=C\C/C=C\C/C=C\CCCCCCCCCCCCCCCCCCCCCC(=O)OCC(O)COP(=O)(O)OCC(O)COP(=O)(O)OCC(COC(=O)CCCCCCCCCCCCCCCCC/C=C\C/C=C\C/C=C\C/C=C\CCCCC)OC(=O)CCCCCCC/C=C\C/C=C\CCCCC. The molecule has 0 saturated heterocycles. The van der Waals surface area contributed by atoms with E-state index in [0.717, 1.165) is 135 Å². The average molecular weight is 1680 g/mol. The van der Waals surface area contributed by atoms with Crippen LogP contribution in [-0.2, 0) is 55.8 Å². The second kappa shape index (κ2) is 90.9. The lowest BCUT2D eigenvalue weighted by molar-refractivity contribution is -0.161. The van der Waals surface area contributed by atoms with E-state index in [0.29, 0.717) is 19.3 Å².